The number of nitrogens with one attached hydrogen (secondary N) is 1. The Morgan fingerprint density at radius 1 is 0.967 bits per heavy atom. The van der Waals surface area contributed by atoms with Gasteiger partial charge in [0.15, 0.2) is 11.6 Å². The molecule has 1 heterocycles. The third kappa shape index (κ3) is 3.98. The maximum absolute atomic E-state index is 13.4. The maximum atomic E-state index is 13.4. The summed E-state index contributed by atoms with van der Waals surface area (Å²) in [7, 11) is 0. The van der Waals surface area contributed by atoms with Crippen molar-refractivity contribution in [1.82, 2.24) is 4.98 Å². The first-order valence-corrected chi connectivity index (χ1v) is 9.44. The molecule has 0 fully saturated rings. The molecule has 1 amide bonds. The molecular formula is C24H18F2N2O2. The van der Waals surface area contributed by atoms with Crippen LogP contribution in [0.4, 0.5) is 14.5 Å². The first kappa shape index (κ1) is 19.5. The molecule has 3 aromatic carbocycles. The average Bonchev–Trinajstić information content (AvgIpc) is 2.76. The zero-order valence-electron chi connectivity index (χ0n) is 16.2. The summed E-state index contributed by atoms with van der Waals surface area (Å²) in [4.78, 5) is 17.3. The number of rotatable bonds is 5. The first-order valence-electron chi connectivity index (χ1n) is 9.44. The number of benzene rings is 3. The van der Waals surface area contributed by atoms with Crippen LogP contribution >= 0.6 is 0 Å². The minimum absolute atomic E-state index is 0.168. The second-order valence-corrected chi connectivity index (χ2v) is 6.62. The predicted molar refractivity (Wildman–Crippen MR) is 113 cm³/mol. The molecule has 1 aromatic heterocycles. The fraction of sp³-hybridized carbons (Fsp3) is 0.0833. The van der Waals surface area contributed by atoms with Crippen LogP contribution in [0.25, 0.3) is 22.2 Å². The number of anilines is 1. The molecule has 0 aliphatic heterocycles. The third-order valence-corrected chi connectivity index (χ3v) is 4.58. The number of carbonyl (C=O) groups is 1. The molecule has 0 spiro atoms. The molecule has 150 valence electrons. The zero-order chi connectivity index (χ0) is 21.1. The van der Waals surface area contributed by atoms with E-state index < -0.39 is 17.5 Å². The molecule has 6 heteroatoms. The number of nitrogens with zero attached hydrogens (tertiary/aromatic N) is 1. The first-order chi connectivity index (χ1) is 14.5. The van der Waals surface area contributed by atoms with Crippen molar-refractivity contribution in [3.63, 3.8) is 0 Å². The monoisotopic (exact) mass is 404 g/mol. The Morgan fingerprint density at radius 3 is 2.50 bits per heavy atom. The van der Waals surface area contributed by atoms with Gasteiger partial charge in [-0.05, 0) is 37.3 Å². The van der Waals surface area contributed by atoms with Crippen LogP contribution in [-0.2, 0) is 0 Å². The van der Waals surface area contributed by atoms with E-state index in [0.29, 0.717) is 28.8 Å². The van der Waals surface area contributed by atoms with Crippen LogP contribution in [0.2, 0.25) is 0 Å². The van der Waals surface area contributed by atoms with E-state index in [1.807, 2.05) is 43.3 Å². The van der Waals surface area contributed by atoms with Gasteiger partial charge in [0, 0.05) is 34.3 Å². The topological polar surface area (TPSA) is 51.2 Å². The molecule has 0 aliphatic rings. The number of halogens is 2. The van der Waals surface area contributed by atoms with E-state index in [4.69, 9.17) is 9.72 Å². The summed E-state index contributed by atoms with van der Waals surface area (Å²) < 4.78 is 32.3. The molecule has 0 atom stereocenters. The molecule has 0 bridgehead atoms. The number of fused-ring (bicyclic) bond motifs is 1. The van der Waals surface area contributed by atoms with Crippen molar-refractivity contribution < 1.29 is 18.3 Å². The van der Waals surface area contributed by atoms with Crippen LogP contribution in [0.5, 0.6) is 5.75 Å². The Hall–Kier alpha value is -3.80. The van der Waals surface area contributed by atoms with Gasteiger partial charge in [-0.15, -0.1) is 0 Å². The van der Waals surface area contributed by atoms with Gasteiger partial charge < -0.3 is 10.1 Å². The quantitative estimate of drug-likeness (QED) is 0.455. The molecule has 0 saturated heterocycles. The molecular weight excluding hydrogens is 386 g/mol. The molecule has 4 nitrogen and oxygen atoms in total. The van der Waals surface area contributed by atoms with Crippen molar-refractivity contribution in [2.45, 2.75) is 6.92 Å². The molecule has 4 rings (SSSR count). The minimum Gasteiger partial charge on any atom is -0.493 e. The van der Waals surface area contributed by atoms with Crippen LogP contribution < -0.4 is 10.1 Å². The van der Waals surface area contributed by atoms with Crippen LogP contribution in [0.15, 0.2) is 72.8 Å². The highest BCUT2D eigenvalue weighted by atomic mass is 19.2. The summed E-state index contributed by atoms with van der Waals surface area (Å²) in [5, 5.41) is 3.26. The summed E-state index contributed by atoms with van der Waals surface area (Å²) in [5.41, 5.74) is 2.93. The maximum Gasteiger partial charge on any atom is 0.255 e. The summed E-state index contributed by atoms with van der Waals surface area (Å²) in [5.74, 6) is -1.83. The standard InChI is InChI=1S/C24H18F2N2O2/c1-2-30-23-14-22(15-6-4-3-5-7-15)28-21-11-8-16(12-18(21)23)24(29)27-17-9-10-19(25)20(26)13-17/h3-14H,2H2,1H3,(H,27,29). The normalized spacial score (nSPS) is 10.8. The van der Waals surface area contributed by atoms with E-state index in [2.05, 4.69) is 5.32 Å². The Labute approximate surface area is 172 Å². The largest absolute Gasteiger partial charge is 0.493 e. The molecule has 0 radical (unpaired) electrons. The average molecular weight is 404 g/mol. The molecule has 0 aliphatic carbocycles. The highest BCUT2D eigenvalue weighted by molar-refractivity contribution is 6.06. The van der Waals surface area contributed by atoms with Gasteiger partial charge in [0.1, 0.15) is 5.75 Å². The van der Waals surface area contributed by atoms with Gasteiger partial charge in [0.25, 0.3) is 5.91 Å². The molecule has 0 unspecified atom stereocenters. The molecule has 0 saturated carbocycles. The van der Waals surface area contributed by atoms with Crippen LogP contribution in [-0.4, -0.2) is 17.5 Å². The lowest BCUT2D eigenvalue weighted by Crippen LogP contribution is -2.12. The van der Waals surface area contributed by atoms with Crippen molar-refractivity contribution in [2.24, 2.45) is 0 Å². The van der Waals surface area contributed by atoms with Crippen molar-refractivity contribution in [1.29, 1.82) is 0 Å². The van der Waals surface area contributed by atoms with E-state index in [0.717, 1.165) is 23.4 Å². The predicted octanol–water partition coefficient (Wildman–Crippen LogP) is 5.83. The van der Waals surface area contributed by atoms with E-state index in [1.54, 1.807) is 18.2 Å². The van der Waals surface area contributed by atoms with Gasteiger partial charge in [0.05, 0.1) is 17.8 Å². The second-order valence-electron chi connectivity index (χ2n) is 6.62. The number of hydrogen-bond donors (Lipinski definition) is 1. The number of carbonyl (C=O) groups excluding carboxylic acids is 1. The third-order valence-electron chi connectivity index (χ3n) is 4.58. The fourth-order valence-electron chi connectivity index (χ4n) is 3.14. The SMILES string of the molecule is CCOc1cc(-c2ccccc2)nc2ccc(C(=O)Nc3ccc(F)c(F)c3)cc12. The lowest BCUT2D eigenvalue weighted by atomic mass is 10.1. The lowest BCUT2D eigenvalue weighted by molar-refractivity contribution is 0.102. The second kappa shape index (κ2) is 8.29. The highest BCUT2D eigenvalue weighted by Crippen LogP contribution is 2.31. The minimum atomic E-state index is -1.03. The van der Waals surface area contributed by atoms with E-state index >= 15 is 0 Å². The van der Waals surface area contributed by atoms with Gasteiger partial charge >= 0.3 is 0 Å². The number of aromatic nitrogens is 1. The Bertz CT molecular complexity index is 1230. The van der Waals surface area contributed by atoms with E-state index in [9.17, 15) is 13.6 Å². The fourth-order valence-corrected chi connectivity index (χ4v) is 3.14. The van der Waals surface area contributed by atoms with Crippen molar-refractivity contribution in [3.8, 4) is 17.0 Å². The van der Waals surface area contributed by atoms with E-state index in [1.165, 1.54) is 6.07 Å². The van der Waals surface area contributed by atoms with Gasteiger partial charge in [-0.2, -0.15) is 0 Å². The van der Waals surface area contributed by atoms with E-state index in [-0.39, 0.29) is 5.69 Å². The van der Waals surface area contributed by atoms with Crippen LogP contribution in [0, 0.1) is 11.6 Å². The van der Waals surface area contributed by atoms with Gasteiger partial charge in [-0.25, -0.2) is 13.8 Å². The number of amides is 1. The Balaban J connectivity index is 1.71. The van der Waals surface area contributed by atoms with Crippen LogP contribution in [0.3, 0.4) is 0 Å². The number of ether oxygens (including phenoxy) is 1. The van der Waals surface area contributed by atoms with Crippen LogP contribution in [0.1, 0.15) is 17.3 Å². The van der Waals surface area contributed by atoms with Crippen molar-refractivity contribution in [2.75, 3.05) is 11.9 Å². The smallest absolute Gasteiger partial charge is 0.255 e. The summed E-state index contributed by atoms with van der Waals surface area (Å²) in [6.07, 6.45) is 0. The Morgan fingerprint density at radius 2 is 1.77 bits per heavy atom. The zero-order valence-corrected chi connectivity index (χ0v) is 16.2. The van der Waals surface area contributed by atoms with Gasteiger partial charge in [0.2, 0.25) is 0 Å². The Kier molecular flexibility index (Phi) is 5.39. The summed E-state index contributed by atoms with van der Waals surface area (Å²) >= 11 is 0. The van der Waals surface area contributed by atoms with Gasteiger partial charge in [-0.1, -0.05) is 30.3 Å². The van der Waals surface area contributed by atoms with Crippen molar-refractivity contribution >= 4 is 22.5 Å². The molecule has 1 N–H and O–H groups in total. The van der Waals surface area contributed by atoms with Crippen molar-refractivity contribution in [3.05, 3.63) is 90.0 Å². The summed E-state index contributed by atoms with van der Waals surface area (Å²) in [6.45, 7) is 2.34. The number of hydrogen-bond acceptors (Lipinski definition) is 3. The summed E-state index contributed by atoms with van der Waals surface area (Å²) in [6, 6.07) is 19.8. The highest BCUT2D eigenvalue weighted by Gasteiger charge is 2.13. The van der Waals surface area contributed by atoms with Gasteiger partial charge in [-0.3, -0.25) is 4.79 Å². The molecule has 4 aromatic rings. The molecule has 30 heavy (non-hydrogen) atoms. The number of pyridine rings is 1. The lowest BCUT2D eigenvalue weighted by Gasteiger charge is -2.12.